The number of para-hydroxylation sites is 3. The molecule has 9 aromatic rings. The highest BCUT2D eigenvalue weighted by molar-refractivity contribution is 6.12. The molecule has 0 fully saturated rings. The average molecular weight is 757 g/mol. The molecule has 0 unspecified atom stereocenters. The molecule has 1 spiro atoms. The molecule has 11 rings (SSSR count). The number of aromatic nitrogens is 4. The topological polar surface area (TPSA) is 60.8 Å². The first-order chi connectivity index (χ1) is 29.1. The zero-order valence-corrected chi connectivity index (χ0v) is 32.3. The first-order valence-electron chi connectivity index (χ1n) is 19.8. The Bertz CT molecular complexity index is 3120. The lowest BCUT2D eigenvalue weighted by Crippen LogP contribution is -2.32. The van der Waals surface area contributed by atoms with E-state index in [1.165, 1.54) is 22.3 Å². The lowest BCUT2D eigenvalue weighted by molar-refractivity contribution is 0.436. The van der Waals surface area contributed by atoms with Gasteiger partial charge in [-0.25, -0.2) is 19.9 Å². The quantitative estimate of drug-likeness (QED) is 0.125. The second kappa shape index (κ2) is 13.7. The summed E-state index contributed by atoms with van der Waals surface area (Å²) in [5.41, 5.74) is 12.0. The van der Waals surface area contributed by atoms with Crippen LogP contribution in [0.1, 0.15) is 40.7 Å². The van der Waals surface area contributed by atoms with Crippen LogP contribution in [-0.4, -0.2) is 19.9 Å². The van der Waals surface area contributed by atoms with Crippen molar-refractivity contribution in [1.82, 2.24) is 19.9 Å². The van der Waals surface area contributed by atoms with Crippen molar-refractivity contribution in [2.45, 2.75) is 12.3 Å². The third-order valence-electron chi connectivity index (χ3n) is 11.7. The van der Waals surface area contributed by atoms with Gasteiger partial charge in [0, 0.05) is 38.6 Å². The summed E-state index contributed by atoms with van der Waals surface area (Å²) in [5.74, 6) is 3.49. The highest BCUT2D eigenvalue weighted by atomic mass is 16.5. The van der Waals surface area contributed by atoms with Crippen molar-refractivity contribution in [3.8, 4) is 45.4 Å². The van der Waals surface area contributed by atoms with Gasteiger partial charge in [0.1, 0.15) is 11.5 Å². The monoisotopic (exact) mass is 756 g/mol. The average Bonchev–Trinajstić information content (AvgIpc) is 3.58. The van der Waals surface area contributed by atoms with Crippen LogP contribution in [0.4, 0.5) is 0 Å². The summed E-state index contributed by atoms with van der Waals surface area (Å²) in [6.45, 7) is 6.33. The summed E-state index contributed by atoms with van der Waals surface area (Å²) < 4.78 is 6.62. The molecule has 5 nitrogen and oxygen atoms in total. The fourth-order valence-corrected chi connectivity index (χ4v) is 9.06. The molecule has 3 heterocycles. The molecule has 0 N–H and O–H groups in total. The molecule has 2 aromatic heterocycles. The molecule has 0 bridgehead atoms. The minimum absolute atomic E-state index is 0.544. The van der Waals surface area contributed by atoms with Crippen molar-refractivity contribution in [2.75, 3.05) is 0 Å². The molecule has 7 aromatic carbocycles. The second-order valence-corrected chi connectivity index (χ2v) is 15.0. The Morgan fingerprint density at radius 1 is 0.508 bits per heavy atom. The van der Waals surface area contributed by atoms with Crippen LogP contribution in [0.3, 0.4) is 0 Å². The van der Waals surface area contributed by atoms with Crippen molar-refractivity contribution in [2.24, 2.45) is 0 Å². The number of pyridine rings is 1. The molecular weight excluding hydrogens is 721 g/mol. The van der Waals surface area contributed by atoms with Gasteiger partial charge in [0.05, 0.1) is 16.6 Å². The summed E-state index contributed by atoms with van der Waals surface area (Å²) in [4.78, 5) is 20.2. The summed E-state index contributed by atoms with van der Waals surface area (Å²) in [6.07, 6.45) is 5.96. The van der Waals surface area contributed by atoms with Gasteiger partial charge in [0.25, 0.3) is 0 Å². The van der Waals surface area contributed by atoms with Gasteiger partial charge in [-0.3, -0.25) is 0 Å². The Hall–Kier alpha value is -7.76. The van der Waals surface area contributed by atoms with Crippen LogP contribution in [0.5, 0.6) is 11.5 Å². The highest BCUT2D eigenvalue weighted by Crippen LogP contribution is 2.62. The van der Waals surface area contributed by atoms with E-state index < -0.39 is 5.41 Å². The number of fused-ring (bicyclic) bond motifs is 12. The molecule has 0 saturated carbocycles. The van der Waals surface area contributed by atoms with Crippen LogP contribution in [0.15, 0.2) is 195 Å². The van der Waals surface area contributed by atoms with Crippen LogP contribution in [-0.2, 0) is 5.41 Å². The largest absolute Gasteiger partial charge is 0.457 e. The Morgan fingerprint density at radius 3 is 1.75 bits per heavy atom. The maximum atomic E-state index is 6.62. The Morgan fingerprint density at radius 2 is 1.08 bits per heavy atom. The van der Waals surface area contributed by atoms with E-state index in [2.05, 4.69) is 129 Å². The van der Waals surface area contributed by atoms with E-state index in [0.29, 0.717) is 17.5 Å². The van der Waals surface area contributed by atoms with Crippen molar-refractivity contribution in [1.29, 1.82) is 0 Å². The Kier molecular flexibility index (Phi) is 8.02. The molecule has 0 saturated heterocycles. The van der Waals surface area contributed by atoms with Gasteiger partial charge in [-0.15, -0.1) is 0 Å². The van der Waals surface area contributed by atoms with E-state index in [0.717, 1.165) is 72.3 Å². The minimum Gasteiger partial charge on any atom is -0.457 e. The molecule has 0 radical (unpaired) electrons. The number of allylic oxidation sites excluding steroid dienone is 5. The molecule has 1 aliphatic heterocycles. The van der Waals surface area contributed by atoms with Crippen LogP contribution in [0, 0.1) is 0 Å². The predicted octanol–water partition coefficient (Wildman–Crippen LogP) is 13.0. The van der Waals surface area contributed by atoms with Gasteiger partial charge in [-0.2, -0.15) is 0 Å². The summed E-state index contributed by atoms with van der Waals surface area (Å²) in [6, 6.07) is 59.1. The van der Waals surface area contributed by atoms with Crippen molar-refractivity contribution >= 4 is 32.8 Å². The number of hydrogen-bond donors (Lipinski definition) is 0. The van der Waals surface area contributed by atoms with E-state index in [4.69, 9.17) is 24.7 Å². The predicted molar refractivity (Wildman–Crippen MR) is 239 cm³/mol. The maximum absolute atomic E-state index is 6.62. The van der Waals surface area contributed by atoms with Crippen LogP contribution in [0.2, 0.25) is 0 Å². The fourth-order valence-electron chi connectivity index (χ4n) is 9.06. The van der Waals surface area contributed by atoms with E-state index >= 15 is 0 Å². The Balaban J connectivity index is 1.13. The zero-order chi connectivity index (χ0) is 39.5. The smallest absolute Gasteiger partial charge is 0.164 e. The zero-order valence-electron chi connectivity index (χ0n) is 32.3. The molecular formula is C54H36N4O. The molecule has 5 heteroatoms. The van der Waals surface area contributed by atoms with Crippen LogP contribution >= 0.6 is 0 Å². The van der Waals surface area contributed by atoms with Gasteiger partial charge in [0.2, 0.25) is 0 Å². The lowest BCUT2D eigenvalue weighted by Gasteiger charge is -2.39. The first-order valence-corrected chi connectivity index (χ1v) is 19.8. The van der Waals surface area contributed by atoms with E-state index in [1.54, 1.807) is 0 Å². The van der Waals surface area contributed by atoms with Crippen molar-refractivity contribution in [3.63, 3.8) is 0 Å². The van der Waals surface area contributed by atoms with Gasteiger partial charge in [0.15, 0.2) is 17.5 Å². The maximum Gasteiger partial charge on any atom is 0.164 e. The molecule has 2 aliphatic rings. The summed E-state index contributed by atoms with van der Waals surface area (Å²) in [7, 11) is 0. The van der Waals surface area contributed by atoms with Crippen LogP contribution in [0.25, 0.3) is 66.7 Å². The van der Waals surface area contributed by atoms with Crippen molar-refractivity contribution < 1.29 is 4.74 Å². The normalized spacial score (nSPS) is 13.7. The van der Waals surface area contributed by atoms with E-state index in [-0.39, 0.29) is 0 Å². The Labute approximate surface area is 342 Å². The second-order valence-electron chi connectivity index (χ2n) is 15.0. The van der Waals surface area contributed by atoms with E-state index in [1.807, 2.05) is 72.8 Å². The van der Waals surface area contributed by atoms with Gasteiger partial charge >= 0.3 is 0 Å². The number of rotatable bonds is 6. The van der Waals surface area contributed by atoms with Gasteiger partial charge in [-0.05, 0) is 70.5 Å². The van der Waals surface area contributed by atoms with Gasteiger partial charge in [-0.1, -0.05) is 164 Å². The lowest BCUT2D eigenvalue weighted by atomic mass is 9.66. The summed E-state index contributed by atoms with van der Waals surface area (Å²) in [5, 5.41) is 3.35. The standard InChI is InChI=1S/C54H36N4O/c1-3-35(51-56-52(36-18-6-4-7-19-36)58-53(57-51)37-20-8-5-9-21-37)31-30-34(2)50-42-33-46-41(32-40(42)39-23-11-15-27-47(39)55-50)38-22-10-12-24-43(38)54(46)44-25-13-16-28-48(44)59-49-29-17-14-26-45(49)54/h3-33H,1H2,2H3/b34-30+,35-31+. The fraction of sp³-hybridized carbons (Fsp3) is 0.0370. The number of hydrogen-bond acceptors (Lipinski definition) is 5. The molecule has 59 heavy (non-hydrogen) atoms. The molecule has 0 atom stereocenters. The number of nitrogens with zero attached hydrogens (tertiary/aromatic N) is 4. The number of ether oxygens (including phenoxy) is 1. The minimum atomic E-state index is -0.590. The summed E-state index contributed by atoms with van der Waals surface area (Å²) >= 11 is 0. The molecule has 278 valence electrons. The van der Waals surface area contributed by atoms with Crippen LogP contribution < -0.4 is 4.74 Å². The van der Waals surface area contributed by atoms with Gasteiger partial charge < -0.3 is 4.74 Å². The first kappa shape index (κ1) is 34.5. The third kappa shape index (κ3) is 5.39. The SMILES string of the molecule is C=C/C(=C\C=C(/C)c1nc2ccccc2c2cc3c(cc12)C1(c2ccccc2Oc2ccccc21)c1ccccc1-3)c1nc(-c2ccccc2)nc(-c2ccccc2)n1. The third-order valence-corrected chi connectivity index (χ3v) is 11.7. The molecule has 0 amide bonds. The highest BCUT2D eigenvalue weighted by Gasteiger charge is 2.51. The van der Waals surface area contributed by atoms with Crippen molar-refractivity contribution in [3.05, 3.63) is 228 Å². The number of benzene rings is 7. The van der Waals surface area contributed by atoms with E-state index in [9.17, 15) is 0 Å². The molecule has 1 aliphatic carbocycles.